The Bertz CT molecular complexity index is 458. The van der Waals surface area contributed by atoms with Gasteiger partial charge in [-0.25, -0.2) is 13.1 Å². The van der Waals surface area contributed by atoms with Crippen LogP contribution in [0.2, 0.25) is 0 Å². The fraction of sp³-hybridized carbons (Fsp3) is 0.929. The highest BCUT2D eigenvalue weighted by Crippen LogP contribution is 2.33. The van der Waals surface area contributed by atoms with E-state index < -0.39 is 10.0 Å². The van der Waals surface area contributed by atoms with Crippen molar-refractivity contribution in [1.82, 2.24) is 9.62 Å². The van der Waals surface area contributed by atoms with E-state index in [1.54, 1.807) is 6.92 Å². The minimum absolute atomic E-state index is 0.0344. The fourth-order valence-electron chi connectivity index (χ4n) is 3.43. The van der Waals surface area contributed by atoms with Crippen LogP contribution in [0, 0.1) is 11.8 Å². The zero-order valence-electron chi connectivity index (χ0n) is 12.8. The summed E-state index contributed by atoms with van der Waals surface area (Å²) in [5.74, 6) is 0.735. The molecule has 0 aromatic heterocycles. The van der Waals surface area contributed by atoms with Gasteiger partial charge in [-0.2, -0.15) is 0 Å². The molecule has 1 saturated heterocycles. The number of hydrogen-bond donors (Lipinski definition) is 2. The average Bonchev–Trinajstić information content (AvgIpc) is 2.95. The number of sulfonamides is 1. The normalized spacial score (nSPS) is 28.0. The quantitative estimate of drug-likeness (QED) is 0.762. The first-order valence-corrected chi connectivity index (χ1v) is 9.61. The zero-order valence-corrected chi connectivity index (χ0v) is 13.6. The van der Waals surface area contributed by atoms with Gasteiger partial charge in [0.25, 0.3) is 0 Å². The maximum Gasteiger partial charge on any atom is 0.226 e. The van der Waals surface area contributed by atoms with Gasteiger partial charge in [0.2, 0.25) is 15.9 Å². The molecule has 2 fully saturated rings. The van der Waals surface area contributed by atoms with Crippen molar-refractivity contribution in [3.8, 4) is 0 Å². The highest BCUT2D eigenvalue weighted by atomic mass is 32.2. The molecule has 2 rings (SSSR count). The fourth-order valence-corrected chi connectivity index (χ4v) is 4.34. The average molecular weight is 317 g/mol. The molecule has 2 atom stereocenters. The Morgan fingerprint density at radius 1 is 1.24 bits per heavy atom. The van der Waals surface area contributed by atoms with Crippen LogP contribution < -0.4 is 10.5 Å². The maximum absolute atomic E-state index is 12.5. The smallest absolute Gasteiger partial charge is 0.226 e. The molecular formula is C14H27N3O3S. The topological polar surface area (TPSA) is 92.5 Å². The Kier molecular flexibility index (Phi) is 5.62. The van der Waals surface area contributed by atoms with Crippen molar-refractivity contribution in [2.45, 2.75) is 45.1 Å². The Balaban J connectivity index is 1.85. The van der Waals surface area contributed by atoms with Gasteiger partial charge in [0.05, 0.1) is 5.75 Å². The second-order valence-electron chi connectivity index (χ2n) is 6.15. The van der Waals surface area contributed by atoms with Crippen molar-refractivity contribution in [2.75, 3.05) is 25.4 Å². The van der Waals surface area contributed by atoms with Gasteiger partial charge >= 0.3 is 0 Å². The Morgan fingerprint density at radius 3 is 2.48 bits per heavy atom. The molecule has 3 N–H and O–H groups in total. The van der Waals surface area contributed by atoms with Crippen LogP contribution in [-0.2, 0) is 14.8 Å². The van der Waals surface area contributed by atoms with E-state index in [0.29, 0.717) is 38.4 Å². The second kappa shape index (κ2) is 7.07. The molecule has 0 spiro atoms. The van der Waals surface area contributed by atoms with E-state index >= 15 is 0 Å². The predicted molar refractivity (Wildman–Crippen MR) is 82.1 cm³/mol. The van der Waals surface area contributed by atoms with E-state index in [1.807, 2.05) is 4.90 Å². The number of piperidine rings is 1. The summed E-state index contributed by atoms with van der Waals surface area (Å²) in [7, 11) is -3.16. The first kappa shape index (κ1) is 16.7. The van der Waals surface area contributed by atoms with E-state index in [-0.39, 0.29) is 23.6 Å². The molecule has 6 nitrogen and oxygen atoms in total. The summed E-state index contributed by atoms with van der Waals surface area (Å²) < 4.78 is 25.8. The monoisotopic (exact) mass is 317 g/mol. The van der Waals surface area contributed by atoms with Gasteiger partial charge in [-0.3, -0.25) is 4.79 Å². The lowest BCUT2D eigenvalue weighted by Crippen LogP contribution is -2.49. The van der Waals surface area contributed by atoms with Gasteiger partial charge in [-0.05, 0) is 45.1 Å². The largest absolute Gasteiger partial charge is 0.342 e. The van der Waals surface area contributed by atoms with E-state index in [9.17, 15) is 13.2 Å². The van der Waals surface area contributed by atoms with Crippen molar-refractivity contribution in [2.24, 2.45) is 17.6 Å². The second-order valence-corrected chi connectivity index (χ2v) is 8.20. The minimum atomic E-state index is -3.16. The number of carbonyl (C=O) groups excluding carboxylic acids is 1. The maximum atomic E-state index is 12.5. The van der Waals surface area contributed by atoms with E-state index in [0.717, 1.165) is 19.3 Å². The van der Waals surface area contributed by atoms with Crippen molar-refractivity contribution in [3.05, 3.63) is 0 Å². The molecular weight excluding hydrogens is 290 g/mol. The molecule has 0 aromatic carbocycles. The molecule has 122 valence electrons. The summed E-state index contributed by atoms with van der Waals surface area (Å²) in [5, 5.41) is 0. The summed E-state index contributed by atoms with van der Waals surface area (Å²) in [6.45, 7) is 3.50. The zero-order chi connectivity index (χ0) is 15.5. The third-order valence-corrected chi connectivity index (χ3v) is 6.26. The van der Waals surface area contributed by atoms with Crippen LogP contribution in [0.5, 0.6) is 0 Å². The molecule has 1 heterocycles. The highest BCUT2D eigenvalue weighted by Gasteiger charge is 2.36. The molecule has 0 radical (unpaired) electrons. The van der Waals surface area contributed by atoms with Gasteiger partial charge in [0.15, 0.2) is 0 Å². The minimum Gasteiger partial charge on any atom is -0.342 e. The molecule has 21 heavy (non-hydrogen) atoms. The van der Waals surface area contributed by atoms with Crippen LogP contribution in [0.3, 0.4) is 0 Å². The first-order valence-electron chi connectivity index (χ1n) is 7.95. The summed E-state index contributed by atoms with van der Waals surface area (Å²) >= 11 is 0. The molecule has 1 aliphatic carbocycles. The Hall–Kier alpha value is -0.660. The highest BCUT2D eigenvalue weighted by molar-refractivity contribution is 7.89. The van der Waals surface area contributed by atoms with E-state index in [2.05, 4.69) is 4.72 Å². The molecule has 0 bridgehead atoms. The lowest BCUT2D eigenvalue weighted by atomic mass is 9.93. The number of likely N-dealkylation sites (tertiary alicyclic amines) is 1. The van der Waals surface area contributed by atoms with Crippen molar-refractivity contribution < 1.29 is 13.2 Å². The van der Waals surface area contributed by atoms with Crippen molar-refractivity contribution >= 4 is 15.9 Å². The lowest BCUT2D eigenvalue weighted by Gasteiger charge is -2.34. The van der Waals surface area contributed by atoms with Gasteiger partial charge in [-0.1, -0.05) is 6.42 Å². The van der Waals surface area contributed by atoms with Gasteiger partial charge in [0, 0.05) is 25.0 Å². The number of carbonyl (C=O) groups is 1. The van der Waals surface area contributed by atoms with Crippen molar-refractivity contribution in [1.29, 1.82) is 0 Å². The van der Waals surface area contributed by atoms with Gasteiger partial charge < -0.3 is 10.6 Å². The number of rotatable bonds is 5. The molecule has 0 aromatic rings. The number of nitrogens with zero attached hydrogens (tertiary/aromatic N) is 1. The van der Waals surface area contributed by atoms with E-state index in [4.69, 9.17) is 5.73 Å². The van der Waals surface area contributed by atoms with Crippen LogP contribution in [0.25, 0.3) is 0 Å². The number of nitrogens with one attached hydrogen (secondary N) is 1. The number of nitrogens with two attached hydrogens (primary N) is 1. The van der Waals surface area contributed by atoms with Crippen LogP contribution in [0.4, 0.5) is 0 Å². The van der Waals surface area contributed by atoms with Crippen LogP contribution in [0.1, 0.15) is 39.0 Å². The molecule has 1 saturated carbocycles. The van der Waals surface area contributed by atoms with E-state index in [1.165, 1.54) is 0 Å². The number of amides is 1. The lowest BCUT2D eigenvalue weighted by molar-refractivity contribution is -0.137. The van der Waals surface area contributed by atoms with Crippen LogP contribution in [-0.4, -0.2) is 50.7 Å². The van der Waals surface area contributed by atoms with Gasteiger partial charge in [-0.15, -0.1) is 0 Å². The third-order valence-electron chi connectivity index (χ3n) is 4.81. The summed E-state index contributed by atoms with van der Waals surface area (Å²) in [6, 6.07) is -0.0344. The Morgan fingerprint density at radius 2 is 1.90 bits per heavy atom. The van der Waals surface area contributed by atoms with Crippen molar-refractivity contribution in [3.63, 3.8) is 0 Å². The van der Waals surface area contributed by atoms with Crippen LogP contribution >= 0.6 is 0 Å². The predicted octanol–water partition coefficient (Wildman–Crippen LogP) is 0.292. The summed E-state index contributed by atoms with van der Waals surface area (Å²) in [4.78, 5) is 14.4. The molecule has 2 aliphatic rings. The van der Waals surface area contributed by atoms with Crippen LogP contribution in [0.15, 0.2) is 0 Å². The third kappa shape index (κ3) is 4.17. The number of hydrogen-bond acceptors (Lipinski definition) is 4. The standard InChI is InChI=1S/C14H27N3O3S/c1-2-21(19,20)16-12-6-8-17(9-7-12)14(18)13-5-3-4-11(13)10-15/h11-13,16H,2-10,15H2,1H3. The Labute approximate surface area is 127 Å². The SMILES string of the molecule is CCS(=O)(=O)NC1CCN(C(=O)C2CCCC2CN)CC1. The summed E-state index contributed by atoms with van der Waals surface area (Å²) in [5.41, 5.74) is 5.75. The molecule has 1 aliphatic heterocycles. The molecule has 1 amide bonds. The van der Waals surface area contributed by atoms with Gasteiger partial charge in [0.1, 0.15) is 0 Å². The molecule has 2 unspecified atom stereocenters. The molecule has 7 heteroatoms. The first-order chi connectivity index (χ1) is 9.96. The summed E-state index contributed by atoms with van der Waals surface area (Å²) in [6.07, 6.45) is 4.49.